The van der Waals surface area contributed by atoms with Crippen molar-refractivity contribution in [1.82, 2.24) is 0 Å². The van der Waals surface area contributed by atoms with Crippen LogP contribution < -0.4 is 0 Å². The second-order valence-corrected chi connectivity index (χ2v) is 3.67. The SMILES string of the molecule is [AlH2][O][AlH2].[Ti].[Zr]. The van der Waals surface area contributed by atoms with Crippen LogP contribution in [0, 0.1) is 0 Å². The third-order valence-corrected chi connectivity index (χ3v) is 0. The van der Waals surface area contributed by atoms with Crippen molar-refractivity contribution in [3.8, 4) is 0 Å². The van der Waals surface area contributed by atoms with Gasteiger partial charge < -0.3 is 2.84 Å². The summed E-state index contributed by atoms with van der Waals surface area (Å²) in [5.74, 6) is 0. The molecule has 5 heteroatoms. The van der Waals surface area contributed by atoms with Gasteiger partial charge in [-0.15, -0.1) is 0 Å². The largest absolute Gasteiger partial charge is 0.647 e. The van der Waals surface area contributed by atoms with Crippen molar-refractivity contribution in [2.24, 2.45) is 0 Å². The Morgan fingerprint density at radius 1 is 1.20 bits per heavy atom. The zero-order chi connectivity index (χ0) is 2.71. The molecule has 0 heterocycles. The Labute approximate surface area is 82.7 Å². The molecule has 0 aromatic rings. The first-order chi connectivity index (χ1) is 1.41. The minimum absolute atomic E-state index is 0. The van der Waals surface area contributed by atoms with Crippen molar-refractivity contribution in [3.63, 3.8) is 0 Å². The van der Waals surface area contributed by atoms with Crippen LogP contribution in [-0.4, -0.2) is 33.2 Å². The molecule has 0 unspecified atom stereocenters. The minimum atomic E-state index is 0. The molecule has 0 aromatic carbocycles. The molecular weight excluding hydrogens is 209 g/mol. The monoisotopic (exact) mass is 212 g/mol. The molecule has 24 valence electrons. The van der Waals surface area contributed by atoms with Gasteiger partial charge in [0.2, 0.25) is 0 Å². The summed E-state index contributed by atoms with van der Waals surface area (Å²) in [4.78, 5) is 0. The summed E-state index contributed by atoms with van der Waals surface area (Å²) in [5.41, 5.74) is 0. The number of hydrogen-bond acceptors (Lipinski definition) is 1. The summed E-state index contributed by atoms with van der Waals surface area (Å²) < 4.78 is 4.53. The van der Waals surface area contributed by atoms with Gasteiger partial charge in [0, 0.05) is 47.9 Å². The van der Waals surface area contributed by atoms with Gasteiger partial charge in [0.05, 0.1) is 0 Å². The molecule has 0 aliphatic heterocycles. The van der Waals surface area contributed by atoms with E-state index >= 15 is 0 Å². The topological polar surface area (TPSA) is 9.23 Å². The number of rotatable bonds is 0. The molecule has 0 spiro atoms. The molecule has 0 amide bonds. The van der Waals surface area contributed by atoms with Gasteiger partial charge in [0.1, 0.15) is 0 Å². The van der Waals surface area contributed by atoms with Crippen molar-refractivity contribution in [3.05, 3.63) is 0 Å². The molecule has 0 aromatic heterocycles. The summed E-state index contributed by atoms with van der Waals surface area (Å²) in [6.45, 7) is 0. The fraction of sp³-hybridized carbons (Fsp3) is 0. The average molecular weight is 213 g/mol. The van der Waals surface area contributed by atoms with Gasteiger partial charge in [0.25, 0.3) is 0 Å². The Bertz CT molecular complexity index is 9.61. The van der Waals surface area contributed by atoms with E-state index in [0.717, 1.165) is 33.2 Å². The summed E-state index contributed by atoms with van der Waals surface area (Å²) in [6, 6.07) is 0. The van der Waals surface area contributed by atoms with Crippen LogP contribution in [0.4, 0.5) is 0 Å². The van der Waals surface area contributed by atoms with Crippen LogP contribution in [0.5, 0.6) is 0 Å². The standard InChI is InChI=1S/2Al.O.Ti.Zr.4H. The van der Waals surface area contributed by atoms with E-state index in [-0.39, 0.29) is 47.9 Å². The summed E-state index contributed by atoms with van der Waals surface area (Å²) >= 11 is 1.86. The van der Waals surface area contributed by atoms with Crippen molar-refractivity contribution < 1.29 is 50.8 Å². The van der Waals surface area contributed by atoms with Crippen LogP contribution in [0.25, 0.3) is 0 Å². The Kier molecular flexibility index (Phi) is 49.9. The van der Waals surface area contributed by atoms with E-state index in [1.807, 2.05) is 0 Å². The quantitative estimate of drug-likeness (QED) is 0.427. The molecule has 0 atom stereocenters. The molecule has 0 fully saturated rings. The smallest absolute Gasteiger partial charge is 0.379 e. The van der Waals surface area contributed by atoms with Gasteiger partial charge in [-0.3, -0.25) is 0 Å². The van der Waals surface area contributed by atoms with Crippen LogP contribution >= 0.6 is 0 Å². The zero-order valence-corrected chi connectivity index (χ0v) is 11.4. The summed E-state index contributed by atoms with van der Waals surface area (Å²) in [6.07, 6.45) is 0. The molecule has 0 N–H and O–H groups in total. The summed E-state index contributed by atoms with van der Waals surface area (Å²) in [5, 5.41) is 0. The fourth-order valence-electron chi connectivity index (χ4n) is 0. The van der Waals surface area contributed by atoms with Gasteiger partial charge in [-0.2, -0.15) is 0 Å². The van der Waals surface area contributed by atoms with E-state index in [4.69, 9.17) is 0 Å². The Morgan fingerprint density at radius 3 is 1.20 bits per heavy atom. The van der Waals surface area contributed by atoms with E-state index < -0.39 is 0 Å². The van der Waals surface area contributed by atoms with E-state index in [1.165, 1.54) is 0 Å². The minimum Gasteiger partial charge on any atom is -0.647 e. The molecule has 0 bridgehead atoms. The van der Waals surface area contributed by atoms with Crippen molar-refractivity contribution in [2.75, 3.05) is 0 Å². The Hall–Kier alpha value is 2.62. The van der Waals surface area contributed by atoms with E-state index in [2.05, 4.69) is 2.84 Å². The van der Waals surface area contributed by atoms with Crippen molar-refractivity contribution in [1.29, 1.82) is 0 Å². The molecule has 5 heavy (non-hydrogen) atoms. The third-order valence-electron chi connectivity index (χ3n) is 0. The first-order valence-corrected chi connectivity index (χ1v) is 2.45. The van der Waals surface area contributed by atoms with Crippen LogP contribution in [0.3, 0.4) is 0 Å². The second-order valence-electron chi connectivity index (χ2n) is 0.408. The first-order valence-electron chi connectivity index (χ1n) is 0.816. The Morgan fingerprint density at radius 2 is 1.20 bits per heavy atom. The van der Waals surface area contributed by atoms with Gasteiger partial charge in [-0.1, -0.05) is 0 Å². The van der Waals surface area contributed by atoms with E-state index in [1.54, 1.807) is 0 Å². The first kappa shape index (κ1) is 15.6. The molecule has 0 rings (SSSR count). The van der Waals surface area contributed by atoms with Gasteiger partial charge in [-0.05, 0) is 0 Å². The maximum atomic E-state index is 4.53. The third kappa shape index (κ3) is 20.6. The van der Waals surface area contributed by atoms with Crippen LogP contribution in [0.2, 0.25) is 0 Å². The van der Waals surface area contributed by atoms with Gasteiger partial charge in [-0.25, -0.2) is 0 Å². The second kappa shape index (κ2) is 16.0. The predicted molar refractivity (Wildman–Crippen MR) is 18.2 cm³/mol. The number of hydrogen-bond donors (Lipinski definition) is 0. The maximum Gasteiger partial charge on any atom is 0.379 e. The average Bonchev–Trinajstić information content (AvgIpc) is 0.918. The molecule has 0 radical (unpaired) electrons. The molecule has 0 saturated heterocycles. The predicted octanol–water partition coefficient (Wildman–Crippen LogP) is -1.91. The Balaban J connectivity index is -0.0000000200. The van der Waals surface area contributed by atoms with Crippen LogP contribution in [0.15, 0.2) is 0 Å². The maximum absolute atomic E-state index is 4.53. The summed E-state index contributed by atoms with van der Waals surface area (Å²) in [7, 11) is 0. The molecule has 0 aliphatic carbocycles. The van der Waals surface area contributed by atoms with Crippen LogP contribution in [0.1, 0.15) is 0 Å². The van der Waals surface area contributed by atoms with Crippen LogP contribution in [-0.2, 0) is 50.8 Å². The zero-order valence-electron chi connectivity index (χ0n) is 3.41. The molecular formula is H4Al2OTiZr. The molecule has 1 nitrogen and oxygen atoms in total. The van der Waals surface area contributed by atoms with Crippen molar-refractivity contribution >= 4 is 33.2 Å². The van der Waals surface area contributed by atoms with Gasteiger partial charge >= 0.3 is 33.2 Å². The van der Waals surface area contributed by atoms with Gasteiger partial charge in [0.15, 0.2) is 0 Å². The van der Waals surface area contributed by atoms with E-state index in [0.29, 0.717) is 0 Å². The fourth-order valence-corrected chi connectivity index (χ4v) is 0. The van der Waals surface area contributed by atoms with E-state index in [9.17, 15) is 0 Å². The normalized spacial score (nSPS) is 3.20. The molecule has 0 aliphatic rings. The van der Waals surface area contributed by atoms with Crippen molar-refractivity contribution in [2.45, 2.75) is 0 Å². The molecule has 0 saturated carbocycles.